The van der Waals surface area contributed by atoms with Crippen LogP contribution >= 0.6 is 0 Å². The van der Waals surface area contributed by atoms with E-state index in [1.165, 1.54) is 4.57 Å². The second-order valence-electron chi connectivity index (χ2n) is 10.0. The Balaban J connectivity index is 1.95. The number of amides is 1. The Kier molecular flexibility index (Phi) is 9.96. The Morgan fingerprint density at radius 1 is 1.11 bits per heavy atom. The van der Waals surface area contributed by atoms with Gasteiger partial charge in [0.2, 0.25) is 5.91 Å². The Hall–Kier alpha value is -3.78. The molecule has 1 aromatic carbocycles. The van der Waals surface area contributed by atoms with Gasteiger partial charge < -0.3 is 19.9 Å². The van der Waals surface area contributed by atoms with E-state index < -0.39 is 18.1 Å². The molecule has 0 aliphatic rings. The second-order valence-corrected chi connectivity index (χ2v) is 10.0. The molecule has 2 N–H and O–H groups in total. The standard InChI is InChI=1S/C30H38N4O4/c1-6-9-26(34-14-8-12-22(30(34)38)13-15-33(4)5)29(37)32-25(17-27(35)36)23-16-24(19-31-18-23)28-20(2)10-7-11-21(28)3/h7-8,10-12,14,16,18-19,25-26H,6,9,13,15,17H2,1-5H3,(H,32,37)(H,35,36)/t25-,26-/m0/s1. The van der Waals surface area contributed by atoms with Crippen LogP contribution in [0.25, 0.3) is 11.1 Å². The smallest absolute Gasteiger partial charge is 0.305 e. The quantitative estimate of drug-likeness (QED) is 0.370. The molecule has 0 saturated carbocycles. The number of likely N-dealkylation sites (N-methyl/N-ethyl adjacent to an activating group) is 1. The van der Waals surface area contributed by atoms with Crippen LogP contribution in [-0.4, -0.2) is 52.1 Å². The van der Waals surface area contributed by atoms with Gasteiger partial charge in [-0.15, -0.1) is 0 Å². The van der Waals surface area contributed by atoms with Crippen LogP contribution in [0.4, 0.5) is 0 Å². The van der Waals surface area contributed by atoms with Gasteiger partial charge in [0.1, 0.15) is 6.04 Å². The van der Waals surface area contributed by atoms with Gasteiger partial charge in [-0.1, -0.05) is 37.6 Å². The minimum absolute atomic E-state index is 0.198. The van der Waals surface area contributed by atoms with Gasteiger partial charge in [0, 0.05) is 36.3 Å². The van der Waals surface area contributed by atoms with Gasteiger partial charge in [-0.05, 0) is 75.2 Å². The Labute approximate surface area is 224 Å². The zero-order valence-electron chi connectivity index (χ0n) is 22.9. The van der Waals surface area contributed by atoms with Crippen LogP contribution in [0.2, 0.25) is 0 Å². The van der Waals surface area contributed by atoms with Crippen molar-refractivity contribution < 1.29 is 14.7 Å². The van der Waals surface area contributed by atoms with E-state index in [0.29, 0.717) is 36.9 Å². The van der Waals surface area contributed by atoms with E-state index in [-0.39, 0.29) is 17.9 Å². The molecule has 3 aromatic rings. The van der Waals surface area contributed by atoms with Crippen molar-refractivity contribution in [1.29, 1.82) is 0 Å². The summed E-state index contributed by atoms with van der Waals surface area (Å²) in [5.41, 5.74) is 5.10. The third-order valence-corrected chi connectivity index (χ3v) is 6.71. The van der Waals surface area contributed by atoms with E-state index in [4.69, 9.17) is 0 Å². The summed E-state index contributed by atoms with van der Waals surface area (Å²) < 4.78 is 1.48. The van der Waals surface area contributed by atoms with Gasteiger partial charge in [0.15, 0.2) is 0 Å². The fourth-order valence-corrected chi connectivity index (χ4v) is 4.76. The fraction of sp³-hybridized carbons (Fsp3) is 0.400. The number of carbonyl (C=O) groups excluding carboxylic acids is 1. The lowest BCUT2D eigenvalue weighted by Crippen LogP contribution is -2.40. The minimum Gasteiger partial charge on any atom is -0.481 e. The highest BCUT2D eigenvalue weighted by atomic mass is 16.4. The number of nitrogens with one attached hydrogen (secondary N) is 1. The number of benzene rings is 1. The molecule has 3 rings (SSSR count). The lowest BCUT2D eigenvalue weighted by Gasteiger charge is -2.24. The topological polar surface area (TPSA) is 105 Å². The van der Waals surface area contributed by atoms with Crippen LogP contribution < -0.4 is 10.9 Å². The Morgan fingerprint density at radius 3 is 2.45 bits per heavy atom. The summed E-state index contributed by atoms with van der Waals surface area (Å²) >= 11 is 0. The Bertz CT molecular complexity index is 1310. The molecule has 1 amide bonds. The molecule has 2 heterocycles. The lowest BCUT2D eigenvalue weighted by molar-refractivity contribution is -0.138. The molecule has 0 spiro atoms. The van der Waals surface area contributed by atoms with Crippen LogP contribution in [0.15, 0.2) is 59.8 Å². The molecule has 0 unspecified atom stereocenters. The third kappa shape index (κ3) is 7.16. The average molecular weight is 519 g/mol. The van der Waals surface area contributed by atoms with Crippen molar-refractivity contribution in [2.45, 2.75) is 58.5 Å². The summed E-state index contributed by atoms with van der Waals surface area (Å²) in [4.78, 5) is 45.0. The summed E-state index contributed by atoms with van der Waals surface area (Å²) in [6.07, 6.45) is 6.37. The van der Waals surface area contributed by atoms with E-state index in [2.05, 4.69) is 10.3 Å². The molecule has 202 valence electrons. The first kappa shape index (κ1) is 28.8. The van der Waals surface area contributed by atoms with Crippen LogP contribution in [0.3, 0.4) is 0 Å². The molecule has 0 saturated heterocycles. The number of aliphatic carboxylic acids is 1. The third-order valence-electron chi connectivity index (χ3n) is 6.71. The predicted octanol–water partition coefficient (Wildman–Crippen LogP) is 4.30. The van der Waals surface area contributed by atoms with Crippen LogP contribution in [-0.2, 0) is 16.0 Å². The zero-order chi connectivity index (χ0) is 27.8. The summed E-state index contributed by atoms with van der Waals surface area (Å²) in [5.74, 6) is -1.43. The second kappa shape index (κ2) is 13.1. The minimum atomic E-state index is -1.04. The number of nitrogens with zero attached hydrogens (tertiary/aromatic N) is 3. The Morgan fingerprint density at radius 2 is 1.82 bits per heavy atom. The molecule has 0 aliphatic carbocycles. The van der Waals surface area contributed by atoms with Gasteiger partial charge in [-0.2, -0.15) is 0 Å². The maximum Gasteiger partial charge on any atom is 0.305 e. The molecular formula is C30H38N4O4. The molecular weight excluding hydrogens is 480 g/mol. The summed E-state index contributed by atoms with van der Waals surface area (Å²) in [6.45, 7) is 6.71. The van der Waals surface area contributed by atoms with E-state index in [1.807, 2.05) is 64.0 Å². The van der Waals surface area contributed by atoms with Crippen molar-refractivity contribution in [3.05, 3.63) is 87.6 Å². The van der Waals surface area contributed by atoms with Crippen molar-refractivity contribution >= 4 is 11.9 Å². The molecule has 0 fully saturated rings. The van der Waals surface area contributed by atoms with E-state index in [9.17, 15) is 19.5 Å². The number of carboxylic acids is 1. The SMILES string of the molecule is CCC[C@@H](C(=O)N[C@@H](CC(=O)O)c1cncc(-c2c(C)cccc2C)c1)n1cccc(CCN(C)C)c1=O. The van der Waals surface area contributed by atoms with Gasteiger partial charge in [-0.3, -0.25) is 19.4 Å². The summed E-state index contributed by atoms with van der Waals surface area (Å²) in [7, 11) is 3.89. The van der Waals surface area contributed by atoms with Crippen molar-refractivity contribution in [3.63, 3.8) is 0 Å². The van der Waals surface area contributed by atoms with Gasteiger partial charge in [0.05, 0.1) is 12.5 Å². The van der Waals surface area contributed by atoms with Crippen molar-refractivity contribution in [2.75, 3.05) is 20.6 Å². The molecule has 0 radical (unpaired) electrons. The van der Waals surface area contributed by atoms with Crippen LogP contribution in [0.5, 0.6) is 0 Å². The molecule has 0 aliphatic heterocycles. The van der Waals surface area contributed by atoms with E-state index >= 15 is 0 Å². The highest BCUT2D eigenvalue weighted by Crippen LogP contribution is 2.29. The molecule has 8 heteroatoms. The molecule has 8 nitrogen and oxygen atoms in total. The van der Waals surface area contributed by atoms with Crippen LogP contribution in [0.1, 0.15) is 60.5 Å². The number of pyridine rings is 2. The molecule has 38 heavy (non-hydrogen) atoms. The molecule has 0 bridgehead atoms. The van der Waals surface area contributed by atoms with E-state index in [0.717, 1.165) is 22.3 Å². The number of carbonyl (C=O) groups is 2. The number of rotatable bonds is 12. The van der Waals surface area contributed by atoms with Crippen molar-refractivity contribution in [2.24, 2.45) is 0 Å². The van der Waals surface area contributed by atoms with Gasteiger partial charge >= 0.3 is 5.97 Å². The fourth-order valence-electron chi connectivity index (χ4n) is 4.76. The maximum absolute atomic E-state index is 13.6. The average Bonchev–Trinajstić information content (AvgIpc) is 2.86. The first-order valence-electron chi connectivity index (χ1n) is 13.0. The first-order chi connectivity index (χ1) is 18.1. The number of aryl methyl sites for hydroxylation is 2. The summed E-state index contributed by atoms with van der Waals surface area (Å²) in [5, 5.41) is 12.6. The number of hydrogen-bond donors (Lipinski definition) is 2. The van der Waals surface area contributed by atoms with Crippen molar-refractivity contribution in [1.82, 2.24) is 19.8 Å². The highest BCUT2D eigenvalue weighted by Gasteiger charge is 2.26. The van der Waals surface area contributed by atoms with E-state index in [1.54, 1.807) is 30.7 Å². The zero-order valence-corrected chi connectivity index (χ0v) is 22.9. The number of hydrogen-bond acceptors (Lipinski definition) is 5. The van der Waals surface area contributed by atoms with Gasteiger partial charge in [0.25, 0.3) is 5.56 Å². The normalized spacial score (nSPS) is 12.8. The number of aromatic nitrogens is 2. The summed E-state index contributed by atoms with van der Waals surface area (Å²) in [6, 6.07) is 9.94. The lowest BCUT2D eigenvalue weighted by atomic mass is 9.94. The highest BCUT2D eigenvalue weighted by molar-refractivity contribution is 5.82. The molecule has 2 atom stereocenters. The monoisotopic (exact) mass is 518 g/mol. The van der Waals surface area contributed by atoms with Gasteiger partial charge in [-0.25, -0.2) is 0 Å². The maximum atomic E-state index is 13.6. The first-order valence-corrected chi connectivity index (χ1v) is 13.0. The van der Waals surface area contributed by atoms with Crippen molar-refractivity contribution in [3.8, 4) is 11.1 Å². The predicted molar refractivity (Wildman–Crippen MR) is 149 cm³/mol. The van der Waals surface area contributed by atoms with Crippen LogP contribution in [0, 0.1) is 13.8 Å². The number of carboxylic acid groups (broad SMARTS) is 1. The molecule has 2 aromatic heterocycles. The largest absolute Gasteiger partial charge is 0.481 e.